The number of hydrogen-bond acceptors (Lipinski definition) is 4. The Bertz CT molecular complexity index is 499. The van der Waals surface area contributed by atoms with Gasteiger partial charge in [-0.25, -0.2) is 9.71 Å². The summed E-state index contributed by atoms with van der Waals surface area (Å²) in [5.74, 6) is 0.883. The van der Waals surface area contributed by atoms with Gasteiger partial charge in [-0.3, -0.25) is 0 Å². The smallest absolute Gasteiger partial charge is 0.279 e. The van der Waals surface area contributed by atoms with Crippen molar-refractivity contribution in [2.24, 2.45) is 0 Å². The van der Waals surface area contributed by atoms with E-state index in [0.717, 1.165) is 31.6 Å². The van der Waals surface area contributed by atoms with Gasteiger partial charge in [0.1, 0.15) is 5.82 Å². The molecule has 1 fully saturated rings. The van der Waals surface area contributed by atoms with Gasteiger partial charge in [-0.05, 0) is 32.2 Å². The van der Waals surface area contributed by atoms with E-state index in [2.05, 4.69) is 20.0 Å². The number of imidazole rings is 1. The van der Waals surface area contributed by atoms with Gasteiger partial charge in [-0.2, -0.15) is 12.7 Å². The lowest BCUT2D eigenvalue weighted by molar-refractivity contribution is 0.443. The molecule has 1 aromatic heterocycles. The zero-order valence-corrected chi connectivity index (χ0v) is 13.3. The van der Waals surface area contributed by atoms with Gasteiger partial charge in [0.2, 0.25) is 0 Å². The van der Waals surface area contributed by atoms with Crippen molar-refractivity contribution in [1.29, 1.82) is 0 Å². The van der Waals surface area contributed by atoms with Crippen molar-refractivity contribution in [3.8, 4) is 0 Å². The van der Waals surface area contributed by atoms with E-state index in [1.54, 1.807) is 19.4 Å². The fraction of sp³-hybridized carbons (Fsp3) is 0.769. The van der Waals surface area contributed by atoms with Gasteiger partial charge < -0.3 is 10.3 Å². The summed E-state index contributed by atoms with van der Waals surface area (Å²) in [4.78, 5) is 7.10. The molecule has 2 rings (SSSR count). The maximum Gasteiger partial charge on any atom is 0.279 e. The van der Waals surface area contributed by atoms with Gasteiger partial charge in [0.05, 0.1) is 0 Å². The van der Waals surface area contributed by atoms with Crippen LogP contribution in [0.15, 0.2) is 12.4 Å². The average Bonchev–Trinajstić information content (AvgIpc) is 3.13. The average molecular weight is 315 g/mol. The summed E-state index contributed by atoms with van der Waals surface area (Å²) in [5.41, 5.74) is 0. The summed E-state index contributed by atoms with van der Waals surface area (Å²) in [6.45, 7) is 1.84. The molecule has 21 heavy (non-hydrogen) atoms. The Hall–Kier alpha value is -0.960. The van der Waals surface area contributed by atoms with Crippen LogP contribution in [-0.2, 0) is 16.6 Å². The van der Waals surface area contributed by atoms with E-state index in [1.807, 2.05) is 0 Å². The van der Waals surface area contributed by atoms with Crippen LogP contribution in [0.4, 0.5) is 0 Å². The van der Waals surface area contributed by atoms with Crippen LogP contribution in [0, 0.1) is 0 Å². The highest BCUT2D eigenvalue weighted by molar-refractivity contribution is 7.87. The van der Waals surface area contributed by atoms with E-state index in [0.29, 0.717) is 19.1 Å². The minimum absolute atomic E-state index is 0.424. The molecule has 1 aromatic rings. The van der Waals surface area contributed by atoms with Crippen LogP contribution >= 0.6 is 0 Å². The van der Waals surface area contributed by atoms with E-state index in [9.17, 15) is 8.42 Å². The molecular weight excluding hydrogens is 290 g/mol. The van der Waals surface area contributed by atoms with E-state index in [-0.39, 0.29) is 0 Å². The predicted octanol–water partition coefficient (Wildman–Crippen LogP) is 0.251. The first-order valence-corrected chi connectivity index (χ1v) is 8.94. The second kappa shape index (κ2) is 7.88. The van der Waals surface area contributed by atoms with Gasteiger partial charge in [-0.1, -0.05) is 0 Å². The molecule has 0 aromatic carbocycles. The lowest BCUT2D eigenvalue weighted by atomic mass is 10.3. The molecule has 0 atom stereocenters. The van der Waals surface area contributed by atoms with Crippen LogP contribution in [-0.4, -0.2) is 55.4 Å². The van der Waals surface area contributed by atoms with Crippen molar-refractivity contribution in [3.63, 3.8) is 0 Å². The molecule has 0 bridgehead atoms. The molecule has 0 unspecified atom stereocenters. The number of nitrogens with one attached hydrogen (secondary N) is 3. The van der Waals surface area contributed by atoms with Gasteiger partial charge in [0.15, 0.2) is 0 Å². The summed E-state index contributed by atoms with van der Waals surface area (Å²) in [6, 6.07) is 0.673. The first-order valence-electron chi connectivity index (χ1n) is 7.50. The fourth-order valence-corrected chi connectivity index (χ4v) is 3.01. The van der Waals surface area contributed by atoms with Gasteiger partial charge >= 0.3 is 0 Å². The summed E-state index contributed by atoms with van der Waals surface area (Å²) < 4.78 is 28.0. The Morgan fingerprint density at radius 2 is 2.19 bits per heavy atom. The normalized spacial score (nSPS) is 15.7. The third-order valence-corrected chi connectivity index (χ3v) is 5.07. The first-order chi connectivity index (χ1) is 10.1. The number of rotatable bonds is 11. The summed E-state index contributed by atoms with van der Waals surface area (Å²) in [6.07, 6.45) is 8.28. The molecule has 7 nitrogen and oxygen atoms in total. The molecule has 1 aliphatic rings. The second-order valence-corrected chi connectivity index (χ2v) is 7.30. The Morgan fingerprint density at radius 1 is 1.38 bits per heavy atom. The van der Waals surface area contributed by atoms with Crippen molar-refractivity contribution in [2.45, 2.75) is 38.1 Å². The third kappa shape index (κ3) is 6.13. The molecule has 0 spiro atoms. The SMILES string of the molecule is CN(CCCNC1CC1)S(=O)(=O)NCCCc1ncc[nH]1. The monoisotopic (exact) mass is 315 g/mol. The molecule has 0 saturated heterocycles. The highest BCUT2D eigenvalue weighted by Gasteiger charge is 2.20. The van der Waals surface area contributed by atoms with Crippen LogP contribution < -0.4 is 10.0 Å². The van der Waals surface area contributed by atoms with Gasteiger partial charge in [0.25, 0.3) is 10.2 Å². The predicted molar refractivity (Wildman–Crippen MR) is 82.1 cm³/mol. The van der Waals surface area contributed by atoms with Crippen molar-refractivity contribution in [3.05, 3.63) is 18.2 Å². The second-order valence-electron chi connectivity index (χ2n) is 5.44. The van der Waals surface area contributed by atoms with E-state index in [4.69, 9.17) is 0 Å². The Kier molecular flexibility index (Phi) is 6.16. The van der Waals surface area contributed by atoms with Crippen molar-refractivity contribution in [2.75, 3.05) is 26.7 Å². The summed E-state index contributed by atoms with van der Waals surface area (Å²) in [7, 11) is -1.74. The molecule has 3 N–H and O–H groups in total. The largest absolute Gasteiger partial charge is 0.349 e. The fourth-order valence-electron chi connectivity index (χ4n) is 2.02. The maximum absolute atomic E-state index is 12.0. The summed E-state index contributed by atoms with van der Waals surface area (Å²) >= 11 is 0. The molecule has 8 heteroatoms. The zero-order chi connectivity index (χ0) is 15.1. The molecule has 1 saturated carbocycles. The Balaban J connectivity index is 1.57. The third-order valence-electron chi connectivity index (χ3n) is 3.50. The lowest BCUT2D eigenvalue weighted by Crippen LogP contribution is -2.40. The molecule has 0 radical (unpaired) electrons. The maximum atomic E-state index is 12.0. The number of H-pyrrole nitrogens is 1. The molecule has 1 heterocycles. The number of hydrogen-bond donors (Lipinski definition) is 3. The lowest BCUT2D eigenvalue weighted by Gasteiger charge is -2.17. The topological polar surface area (TPSA) is 90.1 Å². The molecule has 1 aliphatic carbocycles. The van der Waals surface area contributed by atoms with Crippen molar-refractivity contribution >= 4 is 10.2 Å². The highest BCUT2D eigenvalue weighted by Crippen LogP contribution is 2.18. The zero-order valence-electron chi connectivity index (χ0n) is 12.5. The van der Waals surface area contributed by atoms with Crippen LogP contribution in [0.2, 0.25) is 0 Å². The Labute approximate surface area is 126 Å². The molecule has 0 amide bonds. The highest BCUT2D eigenvalue weighted by atomic mass is 32.2. The van der Waals surface area contributed by atoms with Gasteiger partial charge in [0, 0.05) is 45.0 Å². The number of aromatic nitrogens is 2. The van der Waals surface area contributed by atoms with Gasteiger partial charge in [-0.15, -0.1) is 0 Å². The Morgan fingerprint density at radius 3 is 2.86 bits per heavy atom. The standard InChI is InChI=1S/C13H25N5O2S/c1-18(11-3-7-14-12-5-6-12)21(19,20)17-8-2-4-13-15-9-10-16-13/h9-10,12,14,17H,2-8,11H2,1H3,(H,15,16). The number of aryl methyl sites for hydroxylation is 1. The molecule has 120 valence electrons. The van der Waals surface area contributed by atoms with Crippen LogP contribution in [0.25, 0.3) is 0 Å². The van der Waals surface area contributed by atoms with Crippen LogP contribution in [0.5, 0.6) is 0 Å². The molecular formula is C13H25N5O2S. The first kappa shape index (κ1) is 16.4. The number of nitrogens with zero attached hydrogens (tertiary/aromatic N) is 2. The van der Waals surface area contributed by atoms with Crippen LogP contribution in [0.1, 0.15) is 31.5 Å². The van der Waals surface area contributed by atoms with E-state index in [1.165, 1.54) is 17.1 Å². The number of aromatic amines is 1. The van der Waals surface area contributed by atoms with Crippen molar-refractivity contribution in [1.82, 2.24) is 24.3 Å². The van der Waals surface area contributed by atoms with E-state index < -0.39 is 10.2 Å². The molecule has 0 aliphatic heterocycles. The minimum atomic E-state index is -3.36. The summed E-state index contributed by atoms with van der Waals surface area (Å²) in [5, 5.41) is 3.38. The van der Waals surface area contributed by atoms with Crippen molar-refractivity contribution < 1.29 is 8.42 Å². The quantitative estimate of drug-likeness (QED) is 0.511. The van der Waals surface area contributed by atoms with E-state index >= 15 is 0 Å². The minimum Gasteiger partial charge on any atom is -0.349 e. The van der Waals surface area contributed by atoms with Crippen LogP contribution in [0.3, 0.4) is 0 Å².